The van der Waals surface area contributed by atoms with Crippen LogP contribution in [0.1, 0.15) is 21.5 Å². The Bertz CT molecular complexity index is 711. The predicted octanol–water partition coefficient (Wildman–Crippen LogP) is 3.99. The number of benzene rings is 2. The van der Waals surface area contributed by atoms with Gasteiger partial charge in [-0.05, 0) is 35.9 Å². The molecule has 0 aromatic heterocycles. The van der Waals surface area contributed by atoms with Gasteiger partial charge in [-0.15, -0.1) is 0 Å². The number of alkyl halides is 3. The van der Waals surface area contributed by atoms with Crippen LogP contribution in [0, 0.1) is 0 Å². The molecule has 0 unspecified atom stereocenters. The standard InChI is InChI=1S/C16H13F3O4/c1-22-14-8-11(15(20)21)5-6-13(14)23-9-10-3-2-4-12(7-10)16(17,18)19/h2-8H,9H2,1H3,(H,20,21). The molecule has 0 aliphatic rings. The maximum Gasteiger partial charge on any atom is 0.416 e. The minimum absolute atomic E-state index is 0.0215. The van der Waals surface area contributed by atoms with Gasteiger partial charge in [-0.1, -0.05) is 12.1 Å². The van der Waals surface area contributed by atoms with E-state index in [1.807, 2.05) is 0 Å². The molecule has 0 radical (unpaired) electrons. The van der Waals surface area contributed by atoms with Gasteiger partial charge in [0.15, 0.2) is 11.5 Å². The molecule has 0 atom stereocenters. The Morgan fingerprint density at radius 3 is 2.48 bits per heavy atom. The number of carboxylic acid groups (broad SMARTS) is 1. The molecule has 1 N–H and O–H groups in total. The topological polar surface area (TPSA) is 55.8 Å². The van der Waals surface area contributed by atoms with Crippen LogP contribution in [0.2, 0.25) is 0 Å². The van der Waals surface area contributed by atoms with Crippen molar-refractivity contribution in [3.63, 3.8) is 0 Å². The van der Waals surface area contributed by atoms with Crippen molar-refractivity contribution in [1.82, 2.24) is 0 Å². The molecular weight excluding hydrogens is 313 g/mol. The number of aromatic carboxylic acids is 1. The second kappa shape index (κ2) is 6.60. The van der Waals surface area contributed by atoms with Crippen molar-refractivity contribution in [3.8, 4) is 11.5 Å². The molecule has 23 heavy (non-hydrogen) atoms. The van der Waals surface area contributed by atoms with Gasteiger partial charge in [0.1, 0.15) is 6.61 Å². The van der Waals surface area contributed by atoms with E-state index in [-0.39, 0.29) is 23.7 Å². The average Bonchev–Trinajstić information content (AvgIpc) is 2.52. The number of rotatable bonds is 5. The Labute approximate surface area is 130 Å². The van der Waals surface area contributed by atoms with E-state index in [0.717, 1.165) is 12.1 Å². The van der Waals surface area contributed by atoms with Gasteiger partial charge < -0.3 is 14.6 Å². The molecule has 2 aromatic carbocycles. The zero-order valence-corrected chi connectivity index (χ0v) is 12.1. The zero-order valence-electron chi connectivity index (χ0n) is 12.1. The highest BCUT2D eigenvalue weighted by Crippen LogP contribution is 2.31. The van der Waals surface area contributed by atoms with Crippen LogP contribution in [0.3, 0.4) is 0 Å². The van der Waals surface area contributed by atoms with Gasteiger partial charge in [-0.3, -0.25) is 0 Å². The SMILES string of the molecule is COc1cc(C(=O)O)ccc1OCc1cccc(C(F)(F)F)c1. The summed E-state index contributed by atoms with van der Waals surface area (Å²) in [5.74, 6) is -0.681. The first kappa shape index (κ1) is 16.7. The van der Waals surface area contributed by atoms with Crippen LogP contribution in [0.15, 0.2) is 42.5 Å². The lowest BCUT2D eigenvalue weighted by atomic mass is 10.1. The third-order valence-corrected chi connectivity index (χ3v) is 3.06. The molecule has 4 nitrogen and oxygen atoms in total. The number of ether oxygens (including phenoxy) is 2. The molecule has 0 amide bonds. The number of carbonyl (C=O) groups is 1. The van der Waals surface area contributed by atoms with Crippen LogP contribution in [0.5, 0.6) is 11.5 Å². The van der Waals surface area contributed by atoms with E-state index in [4.69, 9.17) is 14.6 Å². The van der Waals surface area contributed by atoms with Gasteiger partial charge in [-0.2, -0.15) is 13.2 Å². The summed E-state index contributed by atoms with van der Waals surface area (Å²) in [5, 5.41) is 8.91. The van der Waals surface area contributed by atoms with Gasteiger partial charge in [0.05, 0.1) is 18.2 Å². The fourth-order valence-corrected chi connectivity index (χ4v) is 1.92. The Hall–Kier alpha value is -2.70. The second-order valence-electron chi connectivity index (χ2n) is 4.66. The lowest BCUT2D eigenvalue weighted by Gasteiger charge is -2.12. The van der Waals surface area contributed by atoms with Crippen LogP contribution in [0.25, 0.3) is 0 Å². The Morgan fingerprint density at radius 2 is 1.87 bits per heavy atom. The highest BCUT2D eigenvalue weighted by atomic mass is 19.4. The summed E-state index contributed by atoms with van der Waals surface area (Å²) in [4.78, 5) is 10.9. The molecule has 2 rings (SSSR count). The van der Waals surface area contributed by atoms with E-state index in [0.29, 0.717) is 5.56 Å². The van der Waals surface area contributed by atoms with Crippen LogP contribution in [0.4, 0.5) is 13.2 Å². The molecule has 0 heterocycles. The smallest absolute Gasteiger partial charge is 0.416 e. The van der Waals surface area contributed by atoms with Crippen LogP contribution in [-0.4, -0.2) is 18.2 Å². The third-order valence-electron chi connectivity index (χ3n) is 3.06. The van der Waals surface area contributed by atoms with Crippen molar-refractivity contribution in [2.24, 2.45) is 0 Å². The predicted molar refractivity (Wildman–Crippen MR) is 75.7 cm³/mol. The molecule has 0 bridgehead atoms. The fourth-order valence-electron chi connectivity index (χ4n) is 1.92. The number of methoxy groups -OCH3 is 1. The van der Waals surface area contributed by atoms with E-state index in [2.05, 4.69) is 0 Å². The van der Waals surface area contributed by atoms with Gasteiger partial charge in [0.2, 0.25) is 0 Å². The number of hydrogen-bond acceptors (Lipinski definition) is 3. The van der Waals surface area contributed by atoms with Crippen molar-refractivity contribution >= 4 is 5.97 Å². The molecule has 0 saturated carbocycles. The van der Waals surface area contributed by atoms with E-state index in [1.54, 1.807) is 0 Å². The number of halogens is 3. The maximum absolute atomic E-state index is 12.7. The summed E-state index contributed by atoms with van der Waals surface area (Å²) in [6.45, 7) is -0.104. The molecule has 0 aliphatic carbocycles. The van der Waals surface area contributed by atoms with Crippen LogP contribution < -0.4 is 9.47 Å². The molecular formula is C16H13F3O4. The summed E-state index contributed by atoms with van der Waals surface area (Å²) >= 11 is 0. The highest BCUT2D eigenvalue weighted by molar-refractivity contribution is 5.88. The normalized spacial score (nSPS) is 11.1. The van der Waals surface area contributed by atoms with E-state index in [9.17, 15) is 18.0 Å². The van der Waals surface area contributed by atoms with Gasteiger partial charge in [-0.25, -0.2) is 4.79 Å². The van der Waals surface area contributed by atoms with Crippen molar-refractivity contribution < 1.29 is 32.5 Å². The zero-order chi connectivity index (χ0) is 17.0. The summed E-state index contributed by atoms with van der Waals surface area (Å²) in [5.41, 5.74) is -0.399. The van der Waals surface area contributed by atoms with E-state index >= 15 is 0 Å². The highest BCUT2D eigenvalue weighted by Gasteiger charge is 2.30. The number of hydrogen-bond donors (Lipinski definition) is 1. The molecule has 0 spiro atoms. The summed E-state index contributed by atoms with van der Waals surface area (Å²) in [6, 6.07) is 8.79. The molecule has 0 fully saturated rings. The third kappa shape index (κ3) is 4.15. The van der Waals surface area contributed by atoms with Gasteiger partial charge in [0.25, 0.3) is 0 Å². The molecule has 0 saturated heterocycles. The van der Waals surface area contributed by atoms with Crippen molar-refractivity contribution in [3.05, 3.63) is 59.2 Å². The Morgan fingerprint density at radius 1 is 1.13 bits per heavy atom. The fraction of sp³-hybridized carbons (Fsp3) is 0.188. The first-order chi connectivity index (χ1) is 10.8. The van der Waals surface area contributed by atoms with Crippen LogP contribution in [-0.2, 0) is 12.8 Å². The largest absolute Gasteiger partial charge is 0.493 e. The van der Waals surface area contributed by atoms with E-state index < -0.39 is 17.7 Å². The minimum Gasteiger partial charge on any atom is -0.493 e. The quantitative estimate of drug-likeness (QED) is 0.902. The first-order valence-corrected chi connectivity index (χ1v) is 6.51. The summed E-state index contributed by atoms with van der Waals surface area (Å²) in [6.07, 6.45) is -4.42. The number of carboxylic acids is 1. The Kier molecular flexibility index (Phi) is 4.78. The second-order valence-corrected chi connectivity index (χ2v) is 4.66. The molecule has 0 aliphatic heterocycles. The van der Waals surface area contributed by atoms with Crippen molar-refractivity contribution in [2.75, 3.05) is 7.11 Å². The molecule has 122 valence electrons. The summed E-state index contributed by atoms with van der Waals surface area (Å²) < 4.78 is 48.4. The van der Waals surface area contributed by atoms with Crippen molar-refractivity contribution in [1.29, 1.82) is 0 Å². The monoisotopic (exact) mass is 326 g/mol. The maximum atomic E-state index is 12.7. The first-order valence-electron chi connectivity index (χ1n) is 6.51. The van der Waals surface area contributed by atoms with Crippen LogP contribution >= 0.6 is 0 Å². The minimum atomic E-state index is -4.42. The summed E-state index contributed by atoms with van der Waals surface area (Å²) in [7, 11) is 1.35. The van der Waals surface area contributed by atoms with Gasteiger partial charge in [0, 0.05) is 0 Å². The molecule has 2 aromatic rings. The lowest BCUT2D eigenvalue weighted by molar-refractivity contribution is -0.137. The lowest BCUT2D eigenvalue weighted by Crippen LogP contribution is -2.06. The molecule has 7 heteroatoms. The van der Waals surface area contributed by atoms with Crippen molar-refractivity contribution in [2.45, 2.75) is 12.8 Å². The average molecular weight is 326 g/mol. The van der Waals surface area contributed by atoms with E-state index in [1.165, 1.54) is 37.4 Å². The Balaban J connectivity index is 2.16. The van der Waals surface area contributed by atoms with Gasteiger partial charge >= 0.3 is 12.1 Å².